The summed E-state index contributed by atoms with van der Waals surface area (Å²) >= 11 is 14.4. The van der Waals surface area contributed by atoms with E-state index in [2.05, 4.69) is 21.2 Å². The summed E-state index contributed by atoms with van der Waals surface area (Å²) in [6, 6.07) is 10.5. The zero-order valence-corrected chi connectivity index (χ0v) is 14.3. The summed E-state index contributed by atoms with van der Waals surface area (Å²) in [5.41, 5.74) is 8.24. The molecule has 2 aromatic rings. The molecule has 0 aromatic heterocycles. The van der Waals surface area contributed by atoms with Crippen LogP contribution in [0.1, 0.15) is 21.5 Å². The summed E-state index contributed by atoms with van der Waals surface area (Å²) in [5, 5.41) is 3.16. The lowest BCUT2D eigenvalue weighted by atomic mass is 10.1. The van der Waals surface area contributed by atoms with E-state index in [1.807, 2.05) is 19.1 Å². The van der Waals surface area contributed by atoms with Gasteiger partial charge in [0.15, 0.2) is 0 Å². The predicted molar refractivity (Wildman–Crippen MR) is 94.2 cm³/mol. The number of halogens is 2. The molecule has 0 saturated heterocycles. The van der Waals surface area contributed by atoms with E-state index in [1.54, 1.807) is 24.3 Å². The number of hydrogen-bond acceptors (Lipinski definition) is 2. The van der Waals surface area contributed by atoms with E-state index in [0.717, 1.165) is 10.0 Å². The monoisotopic (exact) mass is 382 g/mol. The Kier molecular flexibility index (Phi) is 4.98. The molecule has 0 radical (unpaired) electrons. The summed E-state index contributed by atoms with van der Waals surface area (Å²) in [6.45, 7) is 1.92. The Bertz CT molecular complexity index is 734. The Morgan fingerprint density at radius 1 is 1.33 bits per heavy atom. The van der Waals surface area contributed by atoms with Crippen LogP contribution in [0.5, 0.6) is 0 Å². The average Bonchev–Trinajstić information content (AvgIpc) is 2.43. The van der Waals surface area contributed by atoms with Crippen molar-refractivity contribution in [3.63, 3.8) is 0 Å². The Morgan fingerprint density at radius 3 is 2.67 bits per heavy atom. The first-order valence-corrected chi connectivity index (χ1v) is 7.64. The minimum absolute atomic E-state index is 0.240. The second-order valence-electron chi connectivity index (χ2n) is 4.45. The van der Waals surface area contributed by atoms with Gasteiger partial charge in [-0.3, -0.25) is 4.79 Å². The van der Waals surface area contributed by atoms with E-state index in [4.69, 9.17) is 29.6 Å². The molecule has 2 aromatic carbocycles. The number of carbonyl (C=O) groups excluding carboxylic acids is 1. The fourth-order valence-electron chi connectivity index (χ4n) is 1.78. The third kappa shape index (κ3) is 3.61. The molecule has 6 heteroatoms. The van der Waals surface area contributed by atoms with Crippen molar-refractivity contribution in [1.82, 2.24) is 0 Å². The highest BCUT2D eigenvalue weighted by Crippen LogP contribution is 2.26. The molecule has 0 aliphatic heterocycles. The topological polar surface area (TPSA) is 55.1 Å². The van der Waals surface area contributed by atoms with Gasteiger partial charge in [-0.15, -0.1) is 0 Å². The summed E-state index contributed by atoms with van der Waals surface area (Å²) in [5.74, 6) is -0.240. The van der Waals surface area contributed by atoms with Gasteiger partial charge in [-0.05, 0) is 52.7 Å². The van der Waals surface area contributed by atoms with Crippen molar-refractivity contribution in [3.05, 3.63) is 62.6 Å². The van der Waals surface area contributed by atoms with Crippen LogP contribution in [0.25, 0.3) is 0 Å². The van der Waals surface area contributed by atoms with Gasteiger partial charge in [0.25, 0.3) is 5.91 Å². The van der Waals surface area contributed by atoms with Crippen molar-refractivity contribution in [3.8, 4) is 0 Å². The molecule has 2 rings (SSSR count). The van der Waals surface area contributed by atoms with Crippen LogP contribution in [-0.4, -0.2) is 10.9 Å². The van der Waals surface area contributed by atoms with Gasteiger partial charge in [0.2, 0.25) is 0 Å². The van der Waals surface area contributed by atoms with Gasteiger partial charge in [0.1, 0.15) is 4.99 Å². The fourth-order valence-corrected chi connectivity index (χ4v) is 2.58. The zero-order valence-electron chi connectivity index (χ0n) is 11.1. The van der Waals surface area contributed by atoms with Crippen LogP contribution >= 0.6 is 39.7 Å². The maximum absolute atomic E-state index is 12.3. The molecule has 3 nitrogen and oxygen atoms in total. The zero-order chi connectivity index (χ0) is 15.6. The van der Waals surface area contributed by atoms with E-state index in [0.29, 0.717) is 21.8 Å². The molecule has 0 atom stereocenters. The van der Waals surface area contributed by atoms with Crippen LogP contribution in [0.2, 0.25) is 5.02 Å². The van der Waals surface area contributed by atoms with Crippen LogP contribution in [0.4, 0.5) is 5.69 Å². The Balaban J connectivity index is 2.28. The van der Waals surface area contributed by atoms with E-state index in [1.165, 1.54) is 0 Å². The van der Waals surface area contributed by atoms with Gasteiger partial charge in [-0.25, -0.2) is 0 Å². The molecule has 0 fully saturated rings. The Hall–Kier alpha value is -1.43. The average molecular weight is 384 g/mol. The Morgan fingerprint density at radius 2 is 2.05 bits per heavy atom. The van der Waals surface area contributed by atoms with Crippen LogP contribution in [0.15, 0.2) is 40.9 Å². The molecule has 21 heavy (non-hydrogen) atoms. The van der Waals surface area contributed by atoms with E-state index in [9.17, 15) is 4.79 Å². The normalized spacial score (nSPS) is 10.2. The Labute approximate surface area is 141 Å². The standard InChI is InChI=1S/C15H12BrClN2OS/c1-8-3-2-4-10(13(8)16)15(20)19-12-6-5-9(14(18)21)7-11(12)17/h2-7H,1H3,(H2,18,21)(H,19,20). The minimum atomic E-state index is -0.240. The number of nitrogens with one attached hydrogen (secondary N) is 1. The first kappa shape index (κ1) is 15.9. The fraction of sp³-hybridized carbons (Fsp3) is 0.0667. The van der Waals surface area contributed by atoms with Crippen LogP contribution in [0, 0.1) is 6.92 Å². The first-order chi connectivity index (χ1) is 9.90. The number of amides is 1. The number of nitrogens with two attached hydrogens (primary N) is 1. The van der Waals surface area contributed by atoms with Gasteiger partial charge in [-0.1, -0.05) is 36.0 Å². The maximum Gasteiger partial charge on any atom is 0.256 e. The molecule has 0 bridgehead atoms. The van der Waals surface area contributed by atoms with Crippen molar-refractivity contribution >= 4 is 56.3 Å². The highest BCUT2D eigenvalue weighted by molar-refractivity contribution is 9.10. The van der Waals surface area contributed by atoms with E-state index in [-0.39, 0.29) is 10.9 Å². The molecule has 3 N–H and O–H groups in total. The van der Waals surface area contributed by atoms with Crippen LogP contribution in [0.3, 0.4) is 0 Å². The molecular weight excluding hydrogens is 372 g/mol. The van der Waals surface area contributed by atoms with Crippen LogP contribution in [-0.2, 0) is 0 Å². The van der Waals surface area contributed by atoms with Crippen LogP contribution < -0.4 is 11.1 Å². The van der Waals surface area contributed by atoms with Crippen molar-refractivity contribution in [2.75, 3.05) is 5.32 Å². The van der Waals surface area contributed by atoms with E-state index < -0.39 is 0 Å². The summed E-state index contributed by atoms with van der Waals surface area (Å²) in [4.78, 5) is 12.6. The molecule has 1 amide bonds. The summed E-state index contributed by atoms with van der Waals surface area (Å²) < 4.78 is 0.762. The number of hydrogen-bond donors (Lipinski definition) is 2. The lowest BCUT2D eigenvalue weighted by Gasteiger charge is -2.10. The number of rotatable bonds is 3. The third-order valence-electron chi connectivity index (χ3n) is 2.94. The quantitative estimate of drug-likeness (QED) is 0.777. The van der Waals surface area contributed by atoms with Crippen molar-refractivity contribution in [2.45, 2.75) is 6.92 Å². The number of anilines is 1. The summed E-state index contributed by atoms with van der Waals surface area (Å²) in [6.07, 6.45) is 0. The molecular formula is C15H12BrClN2OS. The second kappa shape index (κ2) is 6.56. The molecule has 0 unspecified atom stereocenters. The molecule has 0 aliphatic rings. The molecule has 0 heterocycles. The number of thiocarbonyl (C=S) groups is 1. The van der Waals surface area contributed by atoms with Gasteiger partial charge in [0, 0.05) is 10.0 Å². The maximum atomic E-state index is 12.3. The molecule has 108 valence electrons. The van der Waals surface area contributed by atoms with Gasteiger partial charge < -0.3 is 11.1 Å². The lowest BCUT2D eigenvalue weighted by molar-refractivity contribution is 0.102. The number of carbonyl (C=O) groups is 1. The highest BCUT2D eigenvalue weighted by atomic mass is 79.9. The van der Waals surface area contributed by atoms with Gasteiger partial charge >= 0.3 is 0 Å². The van der Waals surface area contributed by atoms with Crippen molar-refractivity contribution in [1.29, 1.82) is 0 Å². The highest BCUT2D eigenvalue weighted by Gasteiger charge is 2.13. The smallest absolute Gasteiger partial charge is 0.256 e. The molecule has 0 spiro atoms. The van der Waals surface area contributed by atoms with E-state index >= 15 is 0 Å². The number of benzene rings is 2. The SMILES string of the molecule is Cc1cccc(C(=O)Nc2ccc(C(N)=S)cc2Cl)c1Br. The number of aryl methyl sites for hydroxylation is 1. The second-order valence-corrected chi connectivity index (χ2v) is 6.09. The third-order valence-corrected chi connectivity index (χ3v) is 4.54. The molecule has 0 saturated carbocycles. The lowest BCUT2D eigenvalue weighted by Crippen LogP contribution is -2.14. The minimum Gasteiger partial charge on any atom is -0.389 e. The summed E-state index contributed by atoms with van der Waals surface area (Å²) in [7, 11) is 0. The molecule has 0 aliphatic carbocycles. The largest absolute Gasteiger partial charge is 0.389 e. The first-order valence-electron chi connectivity index (χ1n) is 6.06. The predicted octanol–water partition coefficient (Wildman–Crippen LogP) is 4.30. The van der Waals surface area contributed by atoms with Gasteiger partial charge in [-0.2, -0.15) is 0 Å². The van der Waals surface area contributed by atoms with Crippen molar-refractivity contribution in [2.24, 2.45) is 5.73 Å². The van der Waals surface area contributed by atoms with Crippen molar-refractivity contribution < 1.29 is 4.79 Å². The van der Waals surface area contributed by atoms with Gasteiger partial charge in [0.05, 0.1) is 16.3 Å².